The molecule has 0 unspecified atom stereocenters. The summed E-state index contributed by atoms with van der Waals surface area (Å²) in [6.07, 6.45) is 0. The van der Waals surface area contributed by atoms with Crippen molar-refractivity contribution >= 4 is 35.8 Å². The summed E-state index contributed by atoms with van der Waals surface area (Å²) in [6.45, 7) is 8.51. The SMILES string of the molecule is CC1(C)OB(c2cccc(OCc3ccc(Cl)cc3Cl)c2)OC1(C)C. The normalized spacial score (nSPS) is 18.4. The van der Waals surface area contributed by atoms with Gasteiger partial charge in [-0.25, -0.2) is 0 Å². The van der Waals surface area contributed by atoms with Crippen LogP contribution in [-0.4, -0.2) is 18.3 Å². The number of halogens is 2. The quantitative estimate of drug-likeness (QED) is 0.710. The molecule has 6 heteroatoms. The smallest absolute Gasteiger partial charge is 0.489 e. The minimum absolute atomic E-state index is 0.364. The molecule has 0 aromatic heterocycles. The first-order chi connectivity index (χ1) is 11.7. The highest BCUT2D eigenvalue weighted by atomic mass is 35.5. The molecule has 25 heavy (non-hydrogen) atoms. The topological polar surface area (TPSA) is 27.7 Å². The van der Waals surface area contributed by atoms with Crippen molar-refractivity contribution < 1.29 is 14.0 Å². The number of rotatable bonds is 4. The number of hydrogen-bond acceptors (Lipinski definition) is 3. The van der Waals surface area contributed by atoms with Crippen LogP contribution in [-0.2, 0) is 15.9 Å². The van der Waals surface area contributed by atoms with E-state index in [0.717, 1.165) is 16.8 Å². The summed E-state index contributed by atoms with van der Waals surface area (Å²) in [5.74, 6) is 0.734. The molecule has 0 aliphatic carbocycles. The zero-order valence-electron chi connectivity index (χ0n) is 14.8. The highest BCUT2D eigenvalue weighted by Gasteiger charge is 2.51. The van der Waals surface area contributed by atoms with Crippen LogP contribution in [0, 0.1) is 0 Å². The molecule has 1 heterocycles. The van der Waals surface area contributed by atoms with E-state index in [-0.39, 0.29) is 11.2 Å². The fraction of sp³-hybridized carbons (Fsp3) is 0.368. The van der Waals surface area contributed by atoms with Crippen LogP contribution < -0.4 is 10.2 Å². The molecular weight excluding hydrogens is 358 g/mol. The van der Waals surface area contributed by atoms with Crippen molar-refractivity contribution in [3.05, 3.63) is 58.1 Å². The average Bonchev–Trinajstić information content (AvgIpc) is 2.75. The van der Waals surface area contributed by atoms with Crippen molar-refractivity contribution in [3.8, 4) is 5.75 Å². The highest BCUT2D eigenvalue weighted by Crippen LogP contribution is 2.36. The molecule has 0 amide bonds. The maximum atomic E-state index is 6.19. The Bertz CT molecular complexity index is 761. The molecule has 1 aliphatic rings. The summed E-state index contributed by atoms with van der Waals surface area (Å²) < 4.78 is 18.1. The standard InChI is InChI=1S/C19H21BCl2O3/c1-18(2)19(3,4)25-20(24-18)14-6-5-7-16(10-14)23-12-13-8-9-15(21)11-17(13)22/h5-11H,12H2,1-4H3. The van der Waals surface area contributed by atoms with E-state index in [0.29, 0.717) is 16.7 Å². The molecule has 0 spiro atoms. The van der Waals surface area contributed by atoms with Gasteiger partial charge in [0.25, 0.3) is 0 Å². The van der Waals surface area contributed by atoms with Crippen LogP contribution in [0.3, 0.4) is 0 Å². The van der Waals surface area contributed by atoms with Gasteiger partial charge >= 0.3 is 7.12 Å². The second kappa shape index (κ2) is 6.84. The predicted octanol–water partition coefficient (Wildman–Crippen LogP) is 4.87. The van der Waals surface area contributed by atoms with Gasteiger partial charge in [-0.05, 0) is 57.4 Å². The van der Waals surface area contributed by atoms with Crippen LogP contribution in [0.4, 0.5) is 0 Å². The minimum Gasteiger partial charge on any atom is -0.489 e. The largest absolute Gasteiger partial charge is 0.494 e. The molecule has 1 saturated heterocycles. The van der Waals surface area contributed by atoms with Gasteiger partial charge in [0.1, 0.15) is 12.4 Å². The lowest BCUT2D eigenvalue weighted by atomic mass is 9.79. The lowest BCUT2D eigenvalue weighted by Crippen LogP contribution is -2.41. The van der Waals surface area contributed by atoms with Crippen molar-refractivity contribution in [3.63, 3.8) is 0 Å². The third-order valence-corrected chi connectivity index (χ3v) is 5.38. The Labute approximate surface area is 159 Å². The van der Waals surface area contributed by atoms with Crippen LogP contribution in [0.2, 0.25) is 10.0 Å². The molecule has 0 bridgehead atoms. The molecule has 0 saturated carbocycles. The third-order valence-electron chi connectivity index (χ3n) is 4.79. The molecule has 0 atom stereocenters. The molecule has 0 N–H and O–H groups in total. The first kappa shape index (κ1) is 18.6. The Morgan fingerprint density at radius 3 is 2.28 bits per heavy atom. The van der Waals surface area contributed by atoms with Gasteiger partial charge in [0.15, 0.2) is 0 Å². The molecular formula is C19H21BCl2O3. The molecule has 3 nitrogen and oxygen atoms in total. The highest BCUT2D eigenvalue weighted by molar-refractivity contribution is 6.62. The summed E-state index contributed by atoms with van der Waals surface area (Å²) in [5, 5.41) is 1.20. The lowest BCUT2D eigenvalue weighted by Gasteiger charge is -2.32. The number of hydrogen-bond donors (Lipinski definition) is 0. The summed E-state index contributed by atoms with van der Waals surface area (Å²) >= 11 is 12.1. The Morgan fingerprint density at radius 1 is 0.960 bits per heavy atom. The molecule has 2 aromatic rings. The van der Waals surface area contributed by atoms with Gasteiger partial charge in [-0.3, -0.25) is 0 Å². The zero-order chi connectivity index (χ0) is 18.2. The Hall–Kier alpha value is -1.20. The Kier molecular flexibility index (Phi) is 5.09. The first-order valence-electron chi connectivity index (χ1n) is 8.20. The van der Waals surface area contributed by atoms with Gasteiger partial charge in [-0.15, -0.1) is 0 Å². The zero-order valence-corrected chi connectivity index (χ0v) is 16.3. The van der Waals surface area contributed by atoms with Crippen molar-refractivity contribution in [2.75, 3.05) is 0 Å². The van der Waals surface area contributed by atoms with E-state index in [1.807, 2.05) is 58.0 Å². The van der Waals surface area contributed by atoms with E-state index >= 15 is 0 Å². The van der Waals surface area contributed by atoms with E-state index < -0.39 is 7.12 Å². The van der Waals surface area contributed by atoms with E-state index in [2.05, 4.69) is 0 Å². The van der Waals surface area contributed by atoms with Gasteiger partial charge in [0, 0.05) is 15.6 Å². The van der Waals surface area contributed by atoms with Crippen LogP contribution in [0.5, 0.6) is 5.75 Å². The molecule has 132 valence electrons. The van der Waals surface area contributed by atoms with Crippen molar-refractivity contribution in [1.82, 2.24) is 0 Å². The Morgan fingerprint density at radius 2 is 1.64 bits per heavy atom. The average molecular weight is 379 g/mol. The van der Waals surface area contributed by atoms with E-state index in [4.69, 9.17) is 37.2 Å². The maximum absolute atomic E-state index is 6.19. The van der Waals surface area contributed by atoms with Crippen LogP contribution >= 0.6 is 23.2 Å². The number of benzene rings is 2. The fourth-order valence-electron chi connectivity index (χ4n) is 2.53. The van der Waals surface area contributed by atoms with Crippen LogP contribution in [0.15, 0.2) is 42.5 Å². The third kappa shape index (κ3) is 3.98. The fourth-order valence-corrected chi connectivity index (χ4v) is 2.99. The summed E-state index contributed by atoms with van der Waals surface area (Å²) in [4.78, 5) is 0. The van der Waals surface area contributed by atoms with Gasteiger partial charge < -0.3 is 14.0 Å². The van der Waals surface area contributed by atoms with E-state index in [1.54, 1.807) is 12.1 Å². The number of ether oxygens (including phenoxy) is 1. The van der Waals surface area contributed by atoms with Crippen molar-refractivity contribution in [2.45, 2.75) is 45.5 Å². The molecule has 3 rings (SSSR count). The Balaban J connectivity index is 1.72. The lowest BCUT2D eigenvalue weighted by molar-refractivity contribution is 0.00578. The molecule has 1 fully saturated rings. The summed E-state index contributed by atoms with van der Waals surface area (Å²) in [7, 11) is -0.410. The van der Waals surface area contributed by atoms with E-state index in [9.17, 15) is 0 Å². The molecule has 0 radical (unpaired) electrons. The van der Waals surface area contributed by atoms with Crippen molar-refractivity contribution in [1.29, 1.82) is 0 Å². The van der Waals surface area contributed by atoms with Gasteiger partial charge in [-0.2, -0.15) is 0 Å². The maximum Gasteiger partial charge on any atom is 0.494 e. The minimum atomic E-state index is -0.410. The monoisotopic (exact) mass is 378 g/mol. The van der Waals surface area contributed by atoms with Crippen LogP contribution in [0.1, 0.15) is 33.3 Å². The second-order valence-corrected chi connectivity index (χ2v) is 8.03. The predicted molar refractivity (Wildman–Crippen MR) is 103 cm³/mol. The van der Waals surface area contributed by atoms with Gasteiger partial charge in [-0.1, -0.05) is 41.4 Å². The molecule has 2 aromatic carbocycles. The molecule has 1 aliphatic heterocycles. The van der Waals surface area contributed by atoms with E-state index in [1.165, 1.54) is 0 Å². The van der Waals surface area contributed by atoms with Crippen molar-refractivity contribution in [2.24, 2.45) is 0 Å². The van der Waals surface area contributed by atoms with Gasteiger partial charge in [0.2, 0.25) is 0 Å². The van der Waals surface area contributed by atoms with Crippen LogP contribution in [0.25, 0.3) is 0 Å². The van der Waals surface area contributed by atoms with Gasteiger partial charge in [0.05, 0.1) is 11.2 Å². The second-order valence-electron chi connectivity index (χ2n) is 7.19. The first-order valence-corrected chi connectivity index (χ1v) is 8.96. The summed E-state index contributed by atoms with van der Waals surface area (Å²) in [5.41, 5.74) is 1.07. The summed E-state index contributed by atoms with van der Waals surface area (Å²) in [6, 6.07) is 13.1.